The van der Waals surface area contributed by atoms with Crippen LogP contribution in [-0.4, -0.2) is 35.2 Å². The SMILES string of the molecule is CCn1nc(C)cc1CC(N)COCC(F)(F)F. The highest BCUT2D eigenvalue weighted by molar-refractivity contribution is 5.10. The van der Waals surface area contributed by atoms with E-state index in [1.165, 1.54) is 0 Å². The van der Waals surface area contributed by atoms with Gasteiger partial charge in [0.15, 0.2) is 0 Å². The van der Waals surface area contributed by atoms with Crippen LogP contribution in [0.2, 0.25) is 0 Å². The summed E-state index contributed by atoms with van der Waals surface area (Å²) in [7, 11) is 0. The van der Waals surface area contributed by atoms with Crippen LogP contribution in [0.25, 0.3) is 0 Å². The van der Waals surface area contributed by atoms with Crippen LogP contribution < -0.4 is 5.73 Å². The van der Waals surface area contributed by atoms with Crippen molar-refractivity contribution in [3.63, 3.8) is 0 Å². The van der Waals surface area contributed by atoms with Gasteiger partial charge >= 0.3 is 6.18 Å². The molecule has 1 atom stereocenters. The molecule has 0 aliphatic rings. The van der Waals surface area contributed by atoms with E-state index in [0.29, 0.717) is 13.0 Å². The first-order chi connectivity index (χ1) is 8.31. The van der Waals surface area contributed by atoms with Crippen molar-refractivity contribution in [2.24, 2.45) is 5.73 Å². The van der Waals surface area contributed by atoms with E-state index in [-0.39, 0.29) is 6.61 Å². The van der Waals surface area contributed by atoms with Gasteiger partial charge in [-0.3, -0.25) is 4.68 Å². The van der Waals surface area contributed by atoms with Gasteiger partial charge in [0.05, 0.1) is 12.3 Å². The maximum atomic E-state index is 11.9. The van der Waals surface area contributed by atoms with Crippen LogP contribution in [0, 0.1) is 6.92 Å². The first kappa shape index (κ1) is 15.0. The number of nitrogens with two attached hydrogens (primary N) is 1. The number of aromatic nitrogens is 2. The Morgan fingerprint density at radius 1 is 1.50 bits per heavy atom. The quantitative estimate of drug-likeness (QED) is 0.851. The highest BCUT2D eigenvalue weighted by Gasteiger charge is 2.27. The summed E-state index contributed by atoms with van der Waals surface area (Å²) in [5.74, 6) is 0. The second-order valence-corrected chi connectivity index (χ2v) is 4.19. The van der Waals surface area contributed by atoms with Crippen LogP contribution >= 0.6 is 0 Å². The van der Waals surface area contributed by atoms with Gasteiger partial charge in [0.1, 0.15) is 6.61 Å². The van der Waals surface area contributed by atoms with Gasteiger partial charge in [0, 0.05) is 24.7 Å². The second-order valence-electron chi connectivity index (χ2n) is 4.19. The lowest BCUT2D eigenvalue weighted by molar-refractivity contribution is -0.174. The minimum atomic E-state index is -4.30. The molecule has 0 aromatic carbocycles. The molecule has 0 bridgehead atoms. The molecule has 1 aromatic rings. The number of hydrogen-bond donors (Lipinski definition) is 1. The number of halogens is 3. The second kappa shape index (κ2) is 6.19. The van der Waals surface area contributed by atoms with Gasteiger partial charge in [-0.25, -0.2) is 0 Å². The fourth-order valence-electron chi connectivity index (χ4n) is 1.69. The zero-order valence-corrected chi connectivity index (χ0v) is 10.5. The van der Waals surface area contributed by atoms with Crippen molar-refractivity contribution in [1.29, 1.82) is 0 Å². The van der Waals surface area contributed by atoms with Crippen molar-refractivity contribution in [3.05, 3.63) is 17.5 Å². The minimum absolute atomic E-state index is 0.118. The van der Waals surface area contributed by atoms with E-state index in [1.54, 1.807) is 4.68 Å². The van der Waals surface area contributed by atoms with Crippen LogP contribution in [0.5, 0.6) is 0 Å². The number of alkyl halides is 3. The third-order valence-corrected chi connectivity index (χ3v) is 2.35. The van der Waals surface area contributed by atoms with E-state index < -0.39 is 18.8 Å². The Hall–Kier alpha value is -1.08. The number of rotatable bonds is 6. The van der Waals surface area contributed by atoms with Gasteiger partial charge in [-0.15, -0.1) is 0 Å². The van der Waals surface area contributed by atoms with Crippen molar-refractivity contribution in [1.82, 2.24) is 9.78 Å². The number of nitrogens with zero attached hydrogens (tertiary/aromatic N) is 2. The molecule has 0 aliphatic heterocycles. The van der Waals surface area contributed by atoms with Crippen molar-refractivity contribution in [2.45, 2.75) is 39.0 Å². The molecule has 7 heteroatoms. The smallest absolute Gasteiger partial charge is 0.370 e. The van der Waals surface area contributed by atoms with Crippen LogP contribution in [0.15, 0.2) is 6.07 Å². The molecule has 1 rings (SSSR count). The lowest BCUT2D eigenvalue weighted by Gasteiger charge is -2.14. The lowest BCUT2D eigenvalue weighted by atomic mass is 10.1. The summed E-state index contributed by atoms with van der Waals surface area (Å²) in [6.45, 7) is 3.14. The topological polar surface area (TPSA) is 53.1 Å². The molecule has 0 amide bonds. The standard InChI is InChI=1S/C11H18F3N3O/c1-3-17-10(4-8(2)16-17)5-9(15)6-18-7-11(12,13)14/h4,9H,3,5-7,15H2,1-2H3. The number of aryl methyl sites for hydroxylation is 2. The maximum Gasteiger partial charge on any atom is 0.411 e. The molecular weight excluding hydrogens is 247 g/mol. The average molecular weight is 265 g/mol. The molecule has 0 fully saturated rings. The minimum Gasteiger partial charge on any atom is -0.370 e. The molecule has 0 spiro atoms. The summed E-state index contributed by atoms with van der Waals surface area (Å²) in [6, 6.07) is 1.42. The van der Waals surface area contributed by atoms with Crippen molar-refractivity contribution in [3.8, 4) is 0 Å². The normalized spacial score (nSPS) is 13.9. The first-order valence-corrected chi connectivity index (χ1v) is 5.75. The number of hydrogen-bond acceptors (Lipinski definition) is 3. The fourth-order valence-corrected chi connectivity index (χ4v) is 1.69. The monoisotopic (exact) mass is 265 g/mol. The van der Waals surface area contributed by atoms with Gasteiger partial charge in [-0.1, -0.05) is 0 Å². The first-order valence-electron chi connectivity index (χ1n) is 5.75. The van der Waals surface area contributed by atoms with E-state index in [1.807, 2.05) is 19.9 Å². The molecule has 0 saturated heterocycles. The zero-order chi connectivity index (χ0) is 13.8. The van der Waals surface area contributed by atoms with Gasteiger partial charge in [0.2, 0.25) is 0 Å². The number of ether oxygens (including phenoxy) is 1. The fraction of sp³-hybridized carbons (Fsp3) is 0.727. The Morgan fingerprint density at radius 2 is 2.17 bits per heavy atom. The molecular formula is C11H18F3N3O. The Bertz CT molecular complexity index is 376. The molecule has 0 aliphatic carbocycles. The maximum absolute atomic E-state index is 11.9. The Kier molecular flexibility index (Phi) is 5.15. The van der Waals surface area contributed by atoms with Crippen molar-refractivity contribution >= 4 is 0 Å². The Labute approximate surface area is 104 Å². The Morgan fingerprint density at radius 3 is 2.72 bits per heavy atom. The third-order valence-electron chi connectivity index (χ3n) is 2.35. The summed E-state index contributed by atoms with van der Waals surface area (Å²) < 4.78 is 41.9. The predicted octanol–water partition coefficient (Wildman–Crippen LogP) is 1.66. The largest absolute Gasteiger partial charge is 0.411 e. The van der Waals surface area contributed by atoms with E-state index in [4.69, 9.17) is 5.73 Å². The summed E-state index contributed by atoms with van der Waals surface area (Å²) >= 11 is 0. The predicted molar refractivity (Wildman–Crippen MR) is 61.2 cm³/mol. The van der Waals surface area contributed by atoms with Gasteiger partial charge < -0.3 is 10.5 Å². The molecule has 1 heterocycles. The van der Waals surface area contributed by atoms with Crippen LogP contribution in [0.1, 0.15) is 18.3 Å². The molecule has 0 saturated carbocycles. The average Bonchev–Trinajstić information content (AvgIpc) is 2.56. The lowest BCUT2D eigenvalue weighted by Crippen LogP contribution is -2.31. The van der Waals surface area contributed by atoms with E-state index in [0.717, 1.165) is 11.4 Å². The zero-order valence-electron chi connectivity index (χ0n) is 10.5. The molecule has 4 nitrogen and oxygen atoms in total. The highest BCUT2D eigenvalue weighted by atomic mass is 19.4. The van der Waals surface area contributed by atoms with Gasteiger partial charge in [-0.05, 0) is 19.9 Å². The van der Waals surface area contributed by atoms with E-state index in [9.17, 15) is 13.2 Å². The summed E-state index contributed by atoms with van der Waals surface area (Å²) in [4.78, 5) is 0. The molecule has 1 unspecified atom stereocenters. The molecule has 1 aromatic heterocycles. The van der Waals surface area contributed by atoms with Crippen LogP contribution in [-0.2, 0) is 17.7 Å². The van der Waals surface area contributed by atoms with Crippen molar-refractivity contribution < 1.29 is 17.9 Å². The van der Waals surface area contributed by atoms with Gasteiger partial charge in [0.25, 0.3) is 0 Å². The summed E-state index contributed by atoms with van der Waals surface area (Å²) in [6.07, 6.45) is -3.85. The van der Waals surface area contributed by atoms with E-state index >= 15 is 0 Å². The van der Waals surface area contributed by atoms with Crippen LogP contribution in [0.3, 0.4) is 0 Å². The van der Waals surface area contributed by atoms with Crippen molar-refractivity contribution in [2.75, 3.05) is 13.2 Å². The van der Waals surface area contributed by atoms with Crippen LogP contribution in [0.4, 0.5) is 13.2 Å². The molecule has 2 N–H and O–H groups in total. The Balaban J connectivity index is 2.42. The van der Waals surface area contributed by atoms with E-state index in [2.05, 4.69) is 9.84 Å². The molecule has 0 radical (unpaired) electrons. The van der Waals surface area contributed by atoms with Gasteiger partial charge in [-0.2, -0.15) is 18.3 Å². The highest BCUT2D eigenvalue weighted by Crippen LogP contribution is 2.14. The summed E-state index contributed by atoms with van der Waals surface area (Å²) in [5, 5.41) is 4.24. The molecule has 18 heavy (non-hydrogen) atoms. The molecule has 104 valence electrons. The third kappa shape index (κ3) is 5.05. The summed E-state index contributed by atoms with van der Waals surface area (Å²) in [5.41, 5.74) is 7.52.